The maximum Gasteiger partial charge on any atom is 0.324 e. The van der Waals surface area contributed by atoms with Crippen LogP contribution in [0.3, 0.4) is 0 Å². The number of benzene rings is 1. The van der Waals surface area contributed by atoms with Gasteiger partial charge in [0.1, 0.15) is 6.33 Å². The van der Waals surface area contributed by atoms with Crippen LogP contribution in [0.2, 0.25) is 0 Å². The molecule has 2 amide bonds. The van der Waals surface area contributed by atoms with Crippen LogP contribution in [0, 0.1) is 0 Å². The second-order valence-electron chi connectivity index (χ2n) is 6.20. The van der Waals surface area contributed by atoms with E-state index < -0.39 is 6.03 Å². The zero-order valence-electron chi connectivity index (χ0n) is 15.7. The molecular formula is C19H20N8O2. The van der Waals surface area contributed by atoms with Gasteiger partial charge in [-0.2, -0.15) is 4.52 Å². The van der Waals surface area contributed by atoms with Crippen LogP contribution >= 0.6 is 0 Å². The fraction of sp³-hybridized carbons (Fsp3) is 0.158. The van der Waals surface area contributed by atoms with Crippen LogP contribution in [0.25, 0.3) is 5.65 Å². The largest absolute Gasteiger partial charge is 0.392 e. The minimum atomic E-state index is -0.434. The van der Waals surface area contributed by atoms with E-state index in [1.165, 1.54) is 0 Å². The lowest BCUT2D eigenvalue weighted by Crippen LogP contribution is -2.29. The standard InChI is InChI=1S/C19H20N8O2/c1-2-26(25-9-8-20-13-25)17-7-6-16-21-11-18(27(16)24-17)23-19(29)22-15-5-3-4-14(10-15)12-28/h3-11,13,28H,2,12H2,1H3,(H2,22,23,29). The number of imidazole rings is 2. The molecular weight excluding hydrogens is 372 g/mol. The van der Waals surface area contributed by atoms with Gasteiger partial charge in [0.2, 0.25) is 0 Å². The van der Waals surface area contributed by atoms with Crippen molar-refractivity contribution in [3.05, 3.63) is 66.9 Å². The Morgan fingerprint density at radius 1 is 1.24 bits per heavy atom. The molecule has 0 bridgehead atoms. The van der Waals surface area contributed by atoms with E-state index in [-0.39, 0.29) is 6.61 Å². The molecule has 3 aromatic heterocycles. The second-order valence-corrected chi connectivity index (χ2v) is 6.20. The van der Waals surface area contributed by atoms with Gasteiger partial charge < -0.3 is 10.4 Å². The van der Waals surface area contributed by atoms with Crippen molar-refractivity contribution in [3.63, 3.8) is 0 Å². The molecule has 0 saturated heterocycles. The number of aliphatic hydroxyl groups is 1. The number of urea groups is 1. The van der Waals surface area contributed by atoms with Crippen LogP contribution < -0.4 is 15.6 Å². The fourth-order valence-corrected chi connectivity index (χ4v) is 2.95. The third kappa shape index (κ3) is 3.87. The Bertz CT molecular complexity index is 1120. The molecule has 0 radical (unpaired) electrons. The lowest BCUT2D eigenvalue weighted by atomic mass is 10.2. The molecule has 0 fully saturated rings. The SMILES string of the molecule is CCN(c1ccc2ncc(NC(=O)Nc3cccc(CO)c3)n2n1)n1ccnc1. The minimum Gasteiger partial charge on any atom is -0.392 e. The van der Waals surface area contributed by atoms with E-state index in [0.717, 1.165) is 0 Å². The van der Waals surface area contributed by atoms with E-state index in [1.807, 2.05) is 34.9 Å². The van der Waals surface area contributed by atoms with Gasteiger partial charge in [-0.3, -0.25) is 10.3 Å². The second kappa shape index (κ2) is 7.98. The smallest absolute Gasteiger partial charge is 0.324 e. The molecule has 3 heterocycles. The number of aromatic nitrogens is 5. The first-order valence-corrected chi connectivity index (χ1v) is 9.06. The van der Waals surface area contributed by atoms with Gasteiger partial charge in [0.25, 0.3) is 0 Å². The highest BCUT2D eigenvalue weighted by Crippen LogP contribution is 2.17. The lowest BCUT2D eigenvalue weighted by molar-refractivity contribution is 0.262. The van der Waals surface area contributed by atoms with Gasteiger partial charge in [-0.05, 0) is 36.8 Å². The van der Waals surface area contributed by atoms with Crippen LogP contribution in [0.15, 0.2) is 61.3 Å². The highest BCUT2D eigenvalue weighted by molar-refractivity contribution is 5.99. The van der Waals surface area contributed by atoms with Crippen LogP contribution in [-0.4, -0.2) is 41.9 Å². The van der Waals surface area contributed by atoms with Gasteiger partial charge in [0, 0.05) is 24.6 Å². The van der Waals surface area contributed by atoms with Gasteiger partial charge in [-0.1, -0.05) is 12.1 Å². The van der Waals surface area contributed by atoms with Crippen molar-refractivity contribution < 1.29 is 9.90 Å². The molecule has 4 aromatic rings. The first-order valence-electron chi connectivity index (χ1n) is 9.06. The number of anilines is 3. The molecule has 10 nitrogen and oxygen atoms in total. The molecule has 0 aliphatic carbocycles. The predicted octanol–water partition coefficient (Wildman–Crippen LogP) is 2.35. The molecule has 0 aliphatic rings. The average molecular weight is 392 g/mol. The minimum absolute atomic E-state index is 0.0953. The lowest BCUT2D eigenvalue weighted by Gasteiger charge is -2.22. The molecule has 0 spiro atoms. The maximum absolute atomic E-state index is 12.4. The zero-order chi connectivity index (χ0) is 20.2. The number of rotatable bonds is 6. The van der Waals surface area contributed by atoms with Gasteiger partial charge >= 0.3 is 6.03 Å². The Hall–Kier alpha value is -3.92. The summed E-state index contributed by atoms with van der Waals surface area (Å²) in [6, 6.07) is 10.2. The zero-order valence-corrected chi connectivity index (χ0v) is 15.7. The van der Waals surface area contributed by atoms with Crippen molar-refractivity contribution >= 4 is 29.0 Å². The number of nitrogens with one attached hydrogen (secondary N) is 2. The molecule has 0 aliphatic heterocycles. The first kappa shape index (κ1) is 18.4. The molecule has 4 rings (SSSR count). The summed E-state index contributed by atoms with van der Waals surface area (Å²) in [5, 5.41) is 21.3. The van der Waals surface area contributed by atoms with Crippen LogP contribution in [0.4, 0.5) is 22.1 Å². The Morgan fingerprint density at radius 2 is 2.14 bits per heavy atom. The maximum atomic E-state index is 12.4. The van der Waals surface area contributed by atoms with Gasteiger partial charge in [0.15, 0.2) is 17.3 Å². The summed E-state index contributed by atoms with van der Waals surface area (Å²) in [5.41, 5.74) is 1.89. The number of carbonyl (C=O) groups is 1. The molecule has 29 heavy (non-hydrogen) atoms. The van der Waals surface area contributed by atoms with E-state index in [2.05, 4.69) is 25.7 Å². The quantitative estimate of drug-likeness (QED) is 0.464. The summed E-state index contributed by atoms with van der Waals surface area (Å²) < 4.78 is 3.40. The number of aliphatic hydroxyl groups excluding tert-OH is 1. The summed E-state index contributed by atoms with van der Waals surface area (Å²) in [5.74, 6) is 1.11. The highest BCUT2D eigenvalue weighted by Gasteiger charge is 2.13. The number of hydrogen-bond acceptors (Lipinski definition) is 6. The molecule has 148 valence electrons. The van der Waals surface area contributed by atoms with Crippen molar-refractivity contribution in [2.24, 2.45) is 0 Å². The molecule has 10 heteroatoms. The monoisotopic (exact) mass is 392 g/mol. The Balaban J connectivity index is 1.56. The Labute approximate surface area is 166 Å². The van der Waals surface area contributed by atoms with Crippen molar-refractivity contribution in [1.29, 1.82) is 0 Å². The summed E-state index contributed by atoms with van der Waals surface area (Å²) >= 11 is 0. The topological polar surface area (TPSA) is 113 Å². The molecule has 0 saturated carbocycles. The fourth-order valence-electron chi connectivity index (χ4n) is 2.95. The van der Waals surface area contributed by atoms with Crippen molar-refractivity contribution in [2.45, 2.75) is 13.5 Å². The Kier molecular flexibility index (Phi) is 5.08. The van der Waals surface area contributed by atoms with E-state index in [1.54, 1.807) is 47.5 Å². The van der Waals surface area contributed by atoms with E-state index in [4.69, 9.17) is 0 Å². The highest BCUT2D eigenvalue weighted by atomic mass is 16.3. The molecule has 0 unspecified atom stereocenters. The summed E-state index contributed by atoms with van der Waals surface area (Å²) in [7, 11) is 0. The number of amides is 2. The third-order valence-electron chi connectivity index (χ3n) is 4.29. The number of fused-ring (bicyclic) bond motifs is 1. The van der Waals surface area contributed by atoms with Crippen molar-refractivity contribution in [3.8, 4) is 0 Å². The van der Waals surface area contributed by atoms with E-state index in [0.29, 0.717) is 35.1 Å². The van der Waals surface area contributed by atoms with Crippen molar-refractivity contribution in [1.82, 2.24) is 24.3 Å². The normalized spacial score (nSPS) is 10.8. The van der Waals surface area contributed by atoms with E-state index >= 15 is 0 Å². The summed E-state index contributed by atoms with van der Waals surface area (Å²) in [6.45, 7) is 2.59. The van der Waals surface area contributed by atoms with Crippen LogP contribution in [0.1, 0.15) is 12.5 Å². The number of nitrogens with zero attached hydrogens (tertiary/aromatic N) is 6. The molecule has 0 atom stereocenters. The van der Waals surface area contributed by atoms with Crippen LogP contribution in [0.5, 0.6) is 0 Å². The van der Waals surface area contributed by atoms with Crippen molar-refractivity contribution in [2.75, 3.05) is 22.2 Å². The third-order valence-corrected chi connectivity index (χ3v) is 4.29. The molecule has 3 N–H and O–H groups in total. The van der Waals surface area contributed by atoms with E-state index in [9.17, 15) is 9.90 Å². The van der Waals surface area contributed by atoms with Crippen LogP contribution in [-0.2, 0) is 6.61 Å². The number of hydrogen-bond donors (Lipinski definition) is 3. The van der Waals surface area contributed by atoms with Gasteiger partial charge in [-0.25, -0.2) is 19.4 Å². The van der Waals surface area contributed by atoms with Gasteiger partial charge in [0.05, 0.1) is 12.8 Å². The number of carbonyl (C=O) groups excluding carboxylic acids is 1. The first-order chi connectivity index (χ1) is 14.2. The van der Waals surface area contributed by atoms with Gasteiger partial charge in [-0.15, -0.1) is 5.10 Å². The summed E-state index contributed by atoms with van der Waals surface area (Å²) in [4.78, 5) is 20.8. The Morgan fingerprint density at radius 3 is 2.90 bits per heavy atom. The molecule has 1 aromatic carbocycles. The summed E-state index contributed by atoms with van der Waals surface area (Å²) in [6.07, 6.45) is 6.76. The predicted molar refractivity (Wildman–Crippen MR) is 109 cm³/mol. The average Bonchev–Trinajstić information content (AvgIpc) is 3.39.